The number of hydrogen-bond acceptors (Lipinski definition) is 2. The lowest BCUT2D eigenvalue weighted by Gasteiger charge is -2.36. The maximum Gasteiger partial charge on any atom is 0.182 e. The van der Waals surface area contributed by atoms with Crippen molar-refractivity contribution in [1.29, 1.82) is 0 Å². The summed E-state index contributed by atoms with van der Waals surface area (Å²) in [6.45, 7) is 14.7. The van der Waals surface area contributed by atoms with E-state index in [0.717, 1.165) is 24.9 Å². The fourth-order valence-corrected chi connectivity index (χ4v) is 1.83. The Bertz CT molecular complexity index is 205. The first-order valence-corrected chi connectivity index (χ1v) is 5.51. The summed E-state index contributed by atoms with van der Waals surface area (Å²) in [4.78, 5) is 2.26. The van der Waals surface area contributed by atoms with E-state index in [4.69, 9.17) is 4.74 Å². The molecule has 14 heavy (non-hydrogen) atoms. The summed E-state index contributed by atoms with van der Waals surface area (Å²) in [5.74, 6) is 1.60. The van der Waals surface area contributed by atoms with Crippen molar-refractivity contribution in [3.05, 3.63) is 12.5 Å². The van der Waals surface area contributed by atoms with Crippen LogP contribution < -0.4 is 0 Å². The number of ether oxygens (including phenoxy) is 1. The Morgan fingerprint density at radius 1 is 1.43 bits per heavy atom. The van der Waals surface area contributed by atoms with Gasteiger partial charge in [0.05, 0.1) is 0 Å². The predicted octanol–water partition coefficient (Wildman–Crippen LogP) is 3.00. The third kappa shape index (κ3) is 3.60. The first kappa shape index (κ1) is 11.4. The Labute approximate surface area is 87.9 Å². The third-order valence-electron chi connectivity index (χ3n) is 2.43. The second kappa shape index (κ2) is 4.24. The third-order valence-corrected chi connectivity index (χ3v) is 2.43. The van der Waals surface area contributed by atoms with Gasteiger partial charge in [0.25, 0.3) is 0 Å². The van der Waals surface area contributed by atoms with Crippen LogP contribution in [-0.2, 0) is 4.74 Å². The molecule has 0 N–H and O–H groups in total. The normalized spacial score (nSPS) is 23.4. The Morgan fingerprint density at radius 2 is 2.07 bits per heavy atom. The van der Waals surface area contributed by atoms with Gasteiger partial charge in [0, 0.05) is 13.1 Å². The van der Waals surface area contributed by atoms with Gasteiger partial charge in [-0.05, 0) is 46.1 Å². The van der Waals surface area contributed by atoms with E-state index in [1.54, 1.807) is 0 Å². The standard InChI is InChI=1S/C12H23NO/c1-10-7-6-8-13(9-10)11(2)14-12(3,4)5/h10H,2,6-9H2,1,3-5H3/t10-/m1/s1. The molecule has 1 fully saturated rings. The minimum atomic E-state index is -0.127. The Balaban J connectivity index is 2.44. The molecule has 0 radical (unpaired) electrons. The molecule has 1 heterocycles. The van der Waals surface area contributed by atoms with E-state index >= 15 is 0 Å². The number of hydrogen-bond donors (Lipinski definition) is 0. The average molecular weight is 197 g/mol. The predicted molar refractivity (Wildman–Crippen MR) is 59.9 cm³/mol. The molecule has 0 unspecified atom stereocenters. The van der Waals surface area contributed by atoms with E-state index in [2.05, 4.69) is 39.2 Å². The highest BCUT2D eigenvalue weighted by Crippen LogP contribution is 2.22. The molecule has 1 aliphatic rings. The average Bonchev–Trinajstić information content (AvgIpc) is 2.01. The van der Waals surface area contributed by atoms with Crippen LogP contribution in [0.2, 0.25) is 0 Å². The summed E-state index contributed by atoms with van der Waals surface area (Å²) in [5.41, 5.74) is -0.127. The lowest BCUT2D eigenvalue weighted by molar-refractivity contribution is -0.00666. The molecule has 0 saturated carbocycles. The fraction of sp³-hybridized carbons (Fsp3) is 0.833. The Morgan fingerprint density at radius 3 is 2.57 bits per heavy atom. The topological polar surface area (TPSA) is 12.5 Å². The van der Waals surface area contributed by atoms with Crippen molar-refractivity contribution in [3.63, 3.8) is 0 Å². The fourth-order valence-electron chi connectivity index (χ4n) is 1.83. The summed E-state index contributed by atoms with van der Waals surface area (Å²) in [6, 6.07) is 0. The van der Waals surface area contributed by atoms with E-state index < -0.39 is 0 Å². The molecule has 2 nitrogen and oxygen atoms in total. The van der Waals surface area contributed by atoms with E-state index in [-0.39, 0.29) is 5.60 Å². The zero-order valence-corrected chi connectivity index (χ0v) is 9.97. The highest BCUT2D eigenvalue weighted by molar-refractivity contribution is 4.89. The maximum atomic E-state index is 5.76. The van der Waals surface area contributed by atoms with Gasteiger partial charge in [0.15, 0.2) is 5.88 Å². The molecule has 0 aromatic carbocycles. The smallest absolute Gasteiger partial charge is 0.182 e. The maximum absolute atomic E-state index is 5.76. The van der Waals surface area contributed by atoms with Crippen molar-refractivity contribution in [2.75, 3.05) is 13.1 Å². The molecule has 0 bridgehead atoms. The molecule has 0 spiro atoms. The van der Waals surface area contributed by atoms with E-state index in [1.807, 2.05) is 0 Å². The number of likely N-dealkylation sites (tertiary alicyclic amines) is 1. The minimum Gasteiger partial charge on any atom is -0.474 e. The summed E-state index contributed by atoms with van der Waals surface area (Å²) in [5, 5.41) is 0. The van der Waals surface area contributed by atoms with Crippen LogP contribution in [0.25, 0.3) is 0 Å². The van der Waals surface area contributed by atoms with Gasteiger partial charge in [-0.1, -0.05) is 6.92 Å². The largest absolute Gasteiger partial charge is 0.474 e. The quantitative estimate of drug-likeness (QED) is 0.631. The van der Waals surface area contributed by atoms with E-state index in [1.165, 1.54) is 12.8 Å². The van der Waals surface area contributed by atoms with Gasteiger partial charge < -0.3 is 9.64 Å². The van der Waals surface area contributed by atoms with Crippen LogP contribution in [0.4, 0.5) is 0 Å². The van der Waals surface area contributed by atoms with Gasteiger partial charge in [0.2, 0.25) is 0 Å². The summed E-state index contributed by atoms with van der Waals surface area (Å²) in [6.07, 6.45) is 2.59. The Kier molecular flexibility index (Phi) is 3.46. The van der Waals surface area contributed by atoms with Gasteiger partial charge in [0.1, 0.15) is 5.60 Å². The lowest BCUT2D eigenvalue weighted by Crippen LogP contribution is -2.36. The van der Waals surface area contributed by atoms with Crippen molar-refractivity contribution >= 4 is 0 Å². The monoisotopic (exact) mass is 197 g/mol. The van der Waals surface area contributed by atoms with Crippen LogP contribution in [0.3, 0.4) is 0 Å². The first-order valence-electron chi connectivity index (χ1n) is 5.51. The molecular formula is C12H23NO. The molecule has 0 aromatic heterocycles. The van der Waals surface area contributed by atoms with Crippen molar-refractivity contribution in [2.45, 2.75) is 46.1 Å². The van der Waals surface area contributed by atoms with Crippen LogP contribution >= 0.6 is 0 Å². The van der Waals surface area contributed by atoms with Gasteiger partial charge >= 0.3 is 0 Å². The number of piperidine rings is 1. The van der Waals surface area contributed by atoms with Crippen LogP contribution in [-0.4, -0.2) is 23.6 Å². The lowest BCUT2D eigenvalue weighted by atomic mass is 10.0. The van der Waals surface area contributed by atoms with Crippen LogP contribution in [0.15, 0.2) is 12.5 Å². The van der Waals surface area contributed by atoms with Crippen LogP contribution in [0, 0.1) is 5.92 Å². The molecular weight excluding hydrogens is 174 g/mol. The molecule has 1 rings (SSSR count). The minimum absolute atomic E-state index is 0.127. The highest BCUT2D eigenvalue weighted by Gasteiger charge is 2.21. The van der Waals surface area contributed by atoms with Gasteiger partial charge in [-0.15, -0.1) is 0 Å². The first-order chi connectivity index (χ1) is 6.38. The Hall–Kier alpha value is -0.660. The van der Waals surface area contributed by atoms with Crippen LogP contribution in [0.1, 0.15) is 40.5 Å². The zero-order valence-electron chi connectivity index (χ0n) is 9.97. The molecule has 2 heteroatoms. The van der Waals surface area contributed by atoms with Gasteiger partial charge in [-0.2, -0.15) is 0 Å². The van der Waals surface area contributed by atoms with Crippen molar-refractivity contribution in [1.82, 2.24) is 4.90 Å². The molecule has 1 aliphatic heterocycles. The number of nitrogens with zero attached hydrogens (tertiary/aromatic N) is 1. The van der Waals surface area contributed by atoms with Gasteiger partial charge in [-0.3, -0.25) is 0 Å². The molecule has 1 atom stereocenters. The van der Waals surface area contributed by atoms with Gasteiger partial charge in [-0.25, -0.2) is 0 Å². The second-order valence-corrected chi connectivity index (χ2v) is 5.30. The highest BCUT2D eigenvalue weighted by atomic mass is 16.5. The summed E-state index contributed by atoms with van der Waals surface area (Å²) < 4.78 is 5.76. The second-order valence-electron chi connectivity index (χ2n) is 5.30. The SMILES string of the molecule is C=C(OC(C)(C)C)N1CCC[C@@H](C)C1. The summed E-state index contributed by atoms with van der Waals surface area (Å²) in [7, 11) is 0. The van der Waals surface area contributed by atoms with E-state index in [0.29, 0.717) is 0 Å². The van der Waals surface area contributed by atoms with Crippen molar-refractivity contribution in [3.8, 4) is 0 Å². The summed E-state index contributed by atoms with van der Waals surface area (Å²) >= 11 is 0. The van der Waals surface area contributed by atoms with Crippen molar-refractivity contribution < 1.29 is 4.74 Å². The molecule has 0 aliphatic carbocycles. The molecule has 1 saturated heterocycles. The van der Waals surface area contributed by atoms with E-state index in [9.17, 15) is 0 Å². The zero-order chi connectivity index (χ0) is 10.8. The van der Waals surface area contributed by atoms with Crippen molar-refractivity contribution in [2.24, 2.45) is 5.92 Å². The molecule has 0 amide bonds. The molecule has 0 aromatic rings. The number of rotatable bonds is 2. The van der Waals surface area contributed by atoms with Crippen LogP contribution in [0.5, 0.6) is 0 Å². The molecule has 82 valence electrons.